The number of nitrogens with zero attached hydrogens (tertiary/aromatic N) is 3. The van der Waals surface area contributed by atoms with Crippen molar-refractivity contribution in [3.63, 3.8) is 0 Å². The number of rotatable bonds is 5. The lowest BCUT2D eigenvalue weighted by molar-refractivity contribution is 0.0166. The maximum Gasteiger partial charge on any atom is 0.410 e. The molecule has 178 valence electrons. The third-order valence-electron chi connectivity index (χ3n) is 6.32. The van der Waals surface area contributed by atoms with Gasteiger partial charge in [-0.25, -0.2) is 9.59 Å². The highest BCUT2D eigenvalue weighted by molar-refractivity contribution is 5.68. The maximum atomic E-state index is 12.4. The molecule has 0 aromatic heterocycles. The molecule has 0 bridgehead atoms. The Morgan fingerprint density at radius 2 is 1.66 bits per heavy atom. The van der Waals surface area contributed by atoms with Crippen LogP contribution >= 0.6 is 0 Å². The van der Waals surface area contributed by atoms with Crippen LogP contribution in [0.4, 0.5) is 9.59 Å². The van der Waals surface area contributed by atoms with Crippen LogP contribution in [0.1, 0.15) is 52.5 Å². The van der Waals surface area contributed by atoms with E-state index in [4.69, 9.17) is 9.47 Å². The summed E-state index contributed by atoms with van der Waals surface area (Å²) in [6, 6.07) is 10.1. The highest BCUT2D eigenvalue weighted by atomic mass is 16.6. The van der Waals surface area contributed by atoms with Crippen LogP contribution in [0.5, 0.6) is 0 Å². The number of carbonyl (C=O) groups excluding carboxylic acids is 2. The van der Waals surface area contributed by atoms with E-state index in [0.29, 0.717) is 31.7 Å². The number of carbonyl (C=O) groups is 2. The zero-order valence-corrected chi connectivity index (χ0v) is 20.1. The summed E-state index contributed by atoms with van der Waals surface area (Å²) in [5, 5.41) is 0. The van der Waals surface area contributed by atoms with Crippen LogP contribution in [0.2, 0.25) is 0 Å². The molecule has 2 aliphatic heterocycles. The molecule has 2 aliphatic rings. The summed E-state index contributed by atoms with van der Waals surface area (Å²) in [4.78, 5) is 30.8. The van der Waals surface area contributed by atoms with E-state index >= 15 is 0 Å². The van der Waals surface area contributed by atoms with Gasteiger partial charge in [-0.2, -0.15) is 0 Å². The number of likely N-dealkylation sites (tertiary alicyclic amines) is 1. The smallest absolute Gasteiger partial charge is 0.410 e. The van der Waals surface area contributed by atoms with E-state index in [-0.39, 0.29) is 12.2 Å². The minimum absolute atomic E-state index is 0.195. The van der Waals surface area contributed by atoms with E-state index in [1.807, 2.05) is 60.9 Å². The van der Waals surface area contributed by atoms with Gasteiger partial charge in [0.15, 0.2) is 0 Å². The maximum absolute atomic E-state index is 12.4. The van der Waals surface area contributed by atoms with Crippen molar-refractivity contribution < 1.29 is 19.1 Å². The molecule has 2 amide bonds. The van der Waals surface area contributed by atoms with Crippen LogP contribution in [0.25, 0.3) is 0 Å². The van der Waals surface area contributed by atoms with E-state index < -0.39 is 5.60 Å². The summed E-state index contributed by atoms with van der Waals surface area (Å²) in [6.07, 6.45) is 2.76. The summed E-state index contributed by atoms with van der Waals surface area (Å²) in [6.45, 7) is 13.1. The first kappa shape index (κ1) is 24.4. The zero-order chi connectivity index (χ0) is 23.1. The molecule has 0 aliphatic carbocycles. The van der Waals surface area contributed by atoms with Crippen LogP contribution in [0, 0.1) is 5.92 Å². The van der Waals surface area contributed by atoms with Crippen molar-refractivity contribution in [3.05, 3.63) is 35.9 Å². The summed E-state index contributed by atoms with van der Waals surface area (Å²) in [7, 11) is 0. The van der Waals surface area contributed by atoms with E-state index in [1.165, 1.54) is 0 Å². The second-order valence-electron chi connectivity index (χ2n) is 10.1. The van der Waals surface area contributed by atoms with E-state index in [2.05, 4.69) is 11.8 Å². The predicted molar refractivity (Wildman–Crippen MR) is 124 cm³/mol. The molecule has 1 atom stereocenters. The minimum Gasteiger partial charge on any atom is -0.445 e. The van der Waals surface area contributed by atoms with Crippen LogP contribution in [-0.2, 0) is 16.1 Å². The van der Waals surface area contributed by atoms with Crippen molar-refractivity contribution in [3.8, 4) is 0 Å². The largest absolute Gasteiger partial charge is 0.445 e. The Bertz CT molecular complexity index is 741. The highest BCUT2D eigenvalue weighted by Gasteiger charge is 2.30. The van der Waals surface area contributed by atoms with Crippen molar-refractivity contribution in [2.45, 2.75) is 65.2 Å². The average Bonchev–Trinajstić information content (AvgIpc) is 2.76. The number of amides is 2. The second-order valence-corrected chi connectivity index (χ2v) is 10.1. The molecule has 2 saturated heterocycles. The number of piperazine rings is 1. The van der Waals surface area contributed by atoms with Gasteiger partial charge in [0.1, 0.15) is 12.2 Å². The van der Waals surface area contributed by atoms with Gasteiger partial charge in [-0.1, -0.05) is 30.3 Å². The molecule has 0 unspecified atom stereocenters. The number of piperidine rings is 1. The Morgan fingerprint density at radius 1 is 0.969 bits per heavy atom. The molecule has 7 nitrogen and oxygen atoms in total. The number of benzene rings is 1. The monoisotopic (exact) mass is 445 g/mol. The summed E-state index contributed by atoms with van der Waals surface area (Å²) in [5.41, 5.74) is 0.561. The predicted octanol–water partition coefficient (Wildman–Crippen LogP) is 4.37. The topological polar surface area (TPSA) is 62.3 Å². The molecule has 0 spiro atoms. The molecular formula is C25H39N3O4. The van der Waals surface area contributed by atoms with Crippen molar-refractivity contribution in [2.75, 3.05) is 39.3 Å². The molecule has 0 N–H and O–H groups in total. The van der Waals surface area contributed by atoms with Crippen molar-refractivity contribution in [1.29, 1.82) is 0 Å². The van der Waals surface area contributed by atoms with Gasteiger partial charge in [0.05, 0.1) is 0 Å². The number of hydrogen-bond donors (Lipinski definition) is 0. The summed E-state index contributed by atoms with van der Waals surface area (Å²) < 4.78 is 11.0. The Morgan fingerprint density at radius 3 is 2.28 bits per heavy atom. The van der Waals surface area contributed by atoms with Crippen LogP contribution in [0.15, 0.2) is 30.3 Å². The van der Waals surface area contributed by atoms with Crippen LogP contribution < -0.4 is 0 Å². The van der Waals surface area contributed by atoms with Gasteiger partial charge in [0.25, 0.3) is 0 Å². The standard InChI is InChI=1S/C25H39N3O4/c1-20-18-28(23(29)31-19-22-8-6-5-7-9-22)17-16-26(20)13-10-21-11-14-27(15-12-21)24(30)32-25(2,3)4/h5-9,20-21H,10-19H2,1-4H3/t20-/m0/s1. The van der Waals surface area contributed by atoms with Gasteiger partial charge in [-0.05, 0) is 65.0 Å². The van der Waals surface area contributed by atoms with E-state index in [0.717, 1.165) is 51.0 Å². The molecule has 3 rings (SSSR count). The van der Waals surface area contributed by atoms with Gasteiger partial charge < -0.3 is 19.3 Å². The zero-order valence-electron chi connectivity index (χ0n) is 20.1. The average molecular weight is 446 g/mol. The summed E-state index contributed by atoms with van der Waals surface area (Å²) in [5.74, 6) is 0.634. The molecule has 32 heavy (non-hydrogen) atoms. The highest BCUT2D eigenvalue weighted by Crippen LogP contribution is 2.23. The fourth-order valence-corrected chi connectivity index (χ4v) is 4.38. The number of hydrogen-bond acceptors (Lipinski definition) is 5. The Kier molecular flexibility index (Phi) is 8.40. The summed E-state index contributed by atoms with van der Waals surface area (Å²) >= 11 is 0. The van der Waals surface area contributed by atoms with Crippen LogP contribution in [0.3, 0.4) is 0 Å². The SMILES string of the molecule is C[C@H]1CN(C(=O)OCc2ccccc2)CCN1CCC1CCN(C(=O)OC(C)(C)C)CC1. The molecule has 7 heteroatoms. The van der Waals surface area contributed by atoms with Gasteiger partial charge in [0.2, 0.25) is 0 Å². The van der Waals surface area contributed by atoms with Crippen molar-refractivity contribution >= 4 is 12.2 Å². The Balaban J connectivity index is 1.34. The minimum atomic E-state index is -0.444. The molecule has 1 aromatic carbocycles. The third kappa shape index (κ3) is 7.40. The quantitative estimate of drug-likeness (QED) is 0.674. The van der Waals surface area contributed by atoms with E-state index in [1.54, 1.807) is 0 Å². The first-order valence-electron chi connectivity index (χ1n) is 11.9. The van der Waals surface area contributed by atoms with Gasteiger partial charge in [0, 0.05) is 38.8 Å². The molecule has 2 fully saturated rings. The number of ether oxygens (including phenoxy) is 2. The molecule has 2 heterocycles. The molecule has 0 radical (unpaired) electrons. The molecule has 0 saturated carbocycles. The second kappa shape index (κ2) is 11.0. The van der Waals surface area contributed by atoms with Gasteiger partial charge in [-0.3, -0.25) is 4.90 Å². The fourth-order valence-electron chi connectivity index (χ4n) is 4.38. The van der Waals surface area contributed by atoms with Gasteiger partial charge in [-0.15, -0.1) is 0 Å². The lowest BCUT2D eigenvalue weighted by atomic mass is 9.93. The van der Waals surface area contributed by atoms with Crippen LogP contribution in [-0.4, -0.2) is 77.8 Å². The Labute approximate surface area is 192 Å². The van der Waals surface area contributed by atoms with E-state index in [9.17, 15) is 9.59 Å². The lowest BCUT2D eigenvalue weighted by Crippen LogP contribution is -2.54. The lowest BCUT2D eigenvalue weighted by Gasteiger charge is -2.40. The Hall–Kier alpha value is -2.28. The first-order chi connectivity index (χ1) is 15.2. The van der Waals surface area contributed by atoms with Crippen molar-refractivity contribution in [2.24, 2.45) is 5.92 Å². The molecular weight excluding hydrogens is 406 g/mol. The van der Waals surface area contributed by atoms with Crippen molar-refractivity contribution in [1.82, 2.24) is 14.7 Å². The fraction of sp³-hybridized carbons (Fsp3) is 0.680. The molecule has 1 aromatic rings. The third-order valence-corrected chi connectivity index (χ3v) is 6.32. The normalized spacial score (nSPS) is 20.8. The first-order valence-corrected chi connectivity index (χ1v) is 11.9. The van der Waals surface area contributed by atoms with Gasteiger partial charge >= 0.3 is 12.2 Å².